The molecule has 3 aromatic heterocycles. The molecule has 0 fully saturated rings. The van der Waals surface area contributed by atoms with Gasteiger partial charge < -0.3 is 5.32 Å². The van der Waals surface area contributed by atoms with Crippen molar-refractivity contribution in [2.75, 3.05) is 5.32 Å². The first kappa shape index (κ1) is 17.2. The fourth-order valence-electron chi connectivity index (χ4n) is 3.00. The number of aromatic nitrogens is 6. The first-order valence-corrected chi connectivity index (χ1v) is 8.81. The predicted octanol–water partition coefficient (Wildman–Crippen LogP) is 4.08. The Morgan fingerprint density at radius 1 is 1.00 bits per heavy atom. The van der Waals surface area contributed by atoms with Crippen LogP contribution in [0.4, 0.5) is 11.6 Å². The zero-order chi connectivity index (χ0) is 19.0. The summed E-state index contributed by atoms with van der Waals surface area (Å²) >= 11 is 6.59. The lowest BCUT2D eigenvalue weighted by molar-refractivity contribution is 0.778. The van der Waals surface area contributed by atoms with E-state index in [1.165, 1.54) is 6.33 Å². The van der Waals surface area contributed by atoms with Gasteiger partial charge in [-0.25, -0.2) is 14.6 Å². The second-order valence-corrected chi connectivity index (χ2v) is 6.60. The van der Waals surface area contributed by atoms with Gasteiger partial charge in [0, 0.05) is 24.4 Å². The van der Waals surface area contributed by atoms with Crippen molar-refractivity contribution in [3.63, 3.8) is 0 Å². The molecule has 0 amide bonds. The van der Waals surface area contributed by atoms with Crippen LogP contribution < -0.4 is 5.32 Å². The Morgan fingerprint density at radius 2 is 1.78 bits per heavy atom. The molecule has 0 saturated heterocycles. The van der Waals surface area contributed by atoms with E-state index in [0.717, 1.165) is 22.6 Å². The van der Waals surface area contributed by atoms with Crippen LogP contribution in [0.3, 0.4) is 0 Å². The lowest BCUT2D eigenvalue weighted by atomic mass is 10.1. The van der Waals surface area contributed by atoms with Gasteiger partial charge in [0.25, 0.3) is 0 Å². The number of hydrogen-bond acceptors (Lipinski definition) is 5. The maximum absolute atomic E-state index is 6.59. The van der Waals surface area contributed by atoms with Crippen LogP contribution in [-0.2, 0) is 7.05 Å². The van der Waals surface area contributed by atoms with E-state index in [1.807, 2.05) is 63.4 Å². The molecule has 7 nitrogen and oxygen atoms in total. The second-order valence-electron chi connectivity index (χ2n) is 6.23. The van der Waals surface area contributed by atoms with E-state index in [2.05, 4.69) is 25.5 Å². The van der Waals surface area contributed by atoms with Gasteiger partial charge in [-0.15, -0.1) is 0 Å². The van der Waals surface area contributed by atoms with E-state index >= 15 is 0 Å². The van der Waals surface area contributed by atoms with Crippen molar-refractivity contribution in [2.45, 2.75) is 13.8 Å². The van der Waals surface area contributed by atoms with Crippen molar-refractivity contribution in [3.8, 4) is 17.1 Å². The maximum atomic E-state index is 6.59. The molecule has 4 rings (SSSR count). The van der Waals surface area contributed by atoms with Gasteiger partial charge in [-0.2, -0.15) is 10.2 Å². The highest BCUT2D eigenvalue weighted by molar-refractivity contribution is 6.35. The number of aryl methyl sites for hydroxylation is 3. The SMILES string of the molecule is Cc1cc(C)n(-c2cc(Nc3nn(C)c(-c4ccccc4)c3Cl)ncn2)n1. The summed E-state index contributed by atoms with van der Waals surface area (Å²) in [5.41, 5.74) is 3.77. The fraction of sp³-hybridized carbons (Fsp3) is 0.158. The molecule has 0 bridgehead atoms. The molecule has 8 heteroatoms. The van der Waals surface area contributed by atoms with Gasteiger partial charge in [0.2, 0.25) is 0 Å². The largest absolute Gasteiger partial charge is 0.322 e. The minimum absolute atomic E-state index is 0.537. The van der Waals surface area contributed by atoms with Gasteiger partial charge in [-0.1, -0.05) is 41.9 Å². The third kappa shape index (κ3) is 3.29. The average molecular weight is 380 g/mol. The summed E-state index contributed by atoms with van der Waals surface area (Å²) in [6, 6.07) is 13.7. The van der Waals surface area contributed by atoms with Crippen molar-refractivity contribution in [1.82, 2.24) is 29.5 Å². The van der Waals surface area contributed by atoms with E-state index in [0.29, 0.717) is 22.5 Å². The molecule has 4 aromatic rings. The normalized spacial score (nSPS) is 11.0. The molecule has 0 spiro atoms. The molecule has 3 heterocycles. The van der Waals surface area contributed by atoms with Crippen molar-refractivity contribution >= 4 is 23.2 Å². The molecule has 0 atom stereocenters. The zero-order valence-corrected chi connectivity index (χ0v) is 15.9. The molecule has 0 saturated carbocycles. The van der Waals surface area contributed by atoms with Crippen LogP contribution in [0.2, 0.25) is 5.02 Å². The van der Waals surface area contributed by atoms with Crippen molar-refractivity contribution in [1.29, 1.82) is 0 Å². The molecule has 0 aliphatic carbocycles. The summed E-state index contributed by atoms with van der Waals surface area (Å²) in [5, 5.41) is 12.7. The van der Waals surface area contributed by atoms with Gasteiger partial charge in [0.15, 0.2) is 11.6 Å². The van der Waals surface area contributed by atoms with Crippen LogP contribution >= 0.6 is 11.6 Å². The van der Waals surface area contributed by atoms with Crippen LogP contribution in [0.25, 0.3) is 17.1 Å². The highest BCUT2D eigenvalue weighted by atomic mass is 35.5. The number of nitrogens with one attached hydrogen (secondary N) is 1. The Labute approximate surface area is 161 Å². The second kappa shape index (κ2) is 6.85. The highest BCUT2D eigenvalue weighted by Gasteiger charge is 2.17. The van der Waals surface area contributed by atoms with Crippen LogP contribution in [0.15, 0.2) is 48.8 Å². The summed E-state index contributed by atoms with van der Waals surface area (Å²) in [7, 11) is 1.86. The Bertz CT molecular complexity index is 1100. The standard InChI is InChI=1S/C19H18ClN7/c1-12-9-13(2)27(24-12)16-10-15(21-11-22-16)23-19-17(20)18(26(3)25-19)14-7-5-4-6-8-14/h4-11H,1-3H3,(H,21,22,23,25). The number of hydrogen-bond donors (Lipinski definition) is 1. The number of nitrogens with zero attached hydrogens (tertiary/aromatic N) is 6. The summed E-state index contributed by atoms with van der Waals surface area (Å²) in [6.45, 7) is 3.93. The van der Waals surface area contributed by atoms with E-state index < -0.39 is 0 Å². The lowest BCUT2D eigenvalue weighted by Crippen LogP contribution is -2.04. The van der Waals surface area contributed by atoms with E-state index in [-0.39, 0.29) is 0 Å². The van der Waals surface area contributed by atoms with Gasteiger partial charge in [0.1, 0.15) is 17.2 Å². The molecule has 136 valence electrons. The molecule has 0 radical (unpaired) electrons. The zero-order valence-electron chi connectivity index (χ0n) is 15.2. The van der Waals surface area contributed by atoms with Gasteiger partial charge in [-0.3, -0.25) is 4.68 Å². The summed E-state index contributed by atoms with van der Waals surface area (Å²) in [4.78, 5) is 8.59. The van der Waals surface area contributed by atoms with Crippen LogP contribution in [0.1, 0.15) is 11.4 Å². The summed E-state index contributed by atoms with van der Waals surface area (Å²) < 4.78 is 3.53. The van der Waals surface area contributed by atoms with Crippen molar-refractivity contribution in [3.05, 3.63) is 65.2 Å². The number of halogens is 1. The van der Waals surface area contributed by atoms with E-state index in [9.17, 15) is 0 Å². The average Bonchev–Trinajstić information content (AvgIpc) is 3.14. The number of anilines is 2. The molecular formula is C19H18ClN7. The summed E-state index contributed by atoms with van der Waals surface area (Å²) in [6.07, 6.45) is 1.49. The van der Waals surface area contributed by atoms with Crippen LogP contribution in [0, 0.1) is 13.8 Å². The molecule has 27 heavy (non-hydrogen) atoms. The monoisotopic (exact) mass is 379 g/mol. The first-order valence-electron chi connectivity index (χ1n) is 8.43. The van der Waals surface area contributed by atoms with Gasteiger partial charge in [-0.05, 0) is 19.9 Å². The molecule has 0 aliphatic rings. The molecule has 0 aliphatic heterocycles. The third-order valence-corrected chi connectivity index (χ3v) is 4.52. The minimum Gasteiger partial charge on any atom is -0.322 e. The van der Waals surface area contributed by atoms with Gasteiger partial charge in [0.05, 0.1) is 11.4 Å². The molecule has 1 N–H and O–H groups in total. The van der Waals surface area contributed by atoms with E-state index in [4.69, 9.17) is 11.6 Å². The lowest BCUT2D eigenvalue weighted by Gasteiger charge is -2.06. The van der Waals surface area contributed by atoms with E-state index in [1.54, 1.807) is 9.36 Å². The van der Waals surface area contributed by atoms with Crippen LogP contribution in [0.5, 0.6) is 0 Å². The van der Waals surface area contributed by atoms with Crippen molar-refractivity contribution < 1.29 is 0 Å². The van der Waals surface area contributed by atoms with Gasteiger partial charge >= 0.3 is 0 Å². The minimum atomic E-state index is 0.537. The molecular weight excluding hydrogens is 362 g/mol. The fourth-order valence-corrected chi connectivity index (χ4v) is 3.32. The Kier molecular flexibility index (Phi) is 4.37. The number of rotatable bonds is 4. The maximum Gasteiger partial charge on any atom is 0.173 e. The summed E-state index contributed by atoms with van der Waals surface area (Å²) in [5.74, 6) is 1.80. The Balaban J connectivity index is 1.68. The smallest absolute Gasteiger partial charge is 0.173 e. The Morgan fingerprint density at radius 3 is 2.48 bits per heavy atom. The topological polar surface area (TPSA) is 73.5 Å². The molecule has 1 aromatic carbocycles. The van der Waals surface area contributed by atoms with Crippen LogP contribution in [-0.4, -0.2) is 29.5 Å². The van der Waals surface area contributed by atoms with Crippen molar-refractivity contribution in [2.24, 2.45) is 7.05 Å². The quantitative estimate of drug-likeness (QED) is 0.578. The highest BCUT2D eigenvalue weighted by Crippen LogP contribution is 2.34. The Hall–Kier alpha value is -3.19. The third-order valence-electron chi connectivity index (χ3n) is 4.16. The molecule has 0 unspecified atom stereocenters. The number of benzene rings is 1. The first-order chi connectivity index (χ1) is 13.0. The predicted molar refractivity (Wildman–Crippen MR) is 106 cm³/mol.